The number of ether oxygens (including phenoxy) is 1. The van der Waals surface area contributed by atoms with Crippen LogP contribution in [0.2, 0.25) is 0 Å². The van der Waals surface area contributed by atoms with E-state index in [4.69, 9.17) is 5.21 Å². The van der Waals surface area contributed by atoms with Gasteiger partial charge in [-0.3, -0.25) is 0 Å². The van der Waals surface area contributed by atoms with Crippen LogP contribution in [0.15, 0.2) is 5.16 Å². The van der Waals surface area contributed by atoms with Crippen LogP contribution in [0.5, 0.6) is 0 Å². The Hall–Kier alpha value is -0.710. The molecule has 1 N–H and O–H groups in total. The fourth-order valence-corrected chi connectivity index (χ4v) is 1.06. The molecule has 9 heavy (non-hydrogen) atoms. The average Bonchev–Trinajstić information content (AvgIpc) is 1.89. The summed E-state index contributed by atoms with van der Waals surface area (Å²) in [5, 5.41) is 10.9. The molecule has 0 unspecified atom stereocenters. The van der Waals surface area contributed by atoms with Crippen LogP contribution in [0.3, 0.4) is 0 Å². The van der Waals surface area contributed by atoms with E-state index < -0.39 is 5.97 Å². The van der Waals surface area contributed by atoms with E-state index in [9.17, 15) is 4.79 Å². The van der Waals surface area contributed by atoms with E-state index in [0.29, 0.717) is 12.4 Å². The van der Waals surface area contributed by atoms with Crippen LogP contribution in [0.25, 0.3) is 0 Å². The van der Waals surface area contributed by atoms with Gasteiger partial charge in [0.05, 0.1) is 0 Å². The summed E-state index contributed by atoms with van der Waals surface area (Å²) in [7, 11) is 0. The molecule has 1 heterocycles. The number of esters is 1. The molecule has 1 fully saturated rings. The van der Waals surface area contributed by atoms with E-state index in [0.717, 1.165) is 0 Å². The van der Waals surface area contributed by atoms with Gasteiger partial charge >= 0.3 is 5.97 Å². The van der Waals surface area contributed by atoms with Gasteiger partial charge in [0.2, 0.25) is 5.04 Å². The second-order valence-electron chi connectivity index (χ2n) is 1.39. The maximum atomic E-state index is 10.5. The van der Waals surface area contributed by atoms with Gasteiger partial charge in [-0.2, -0.15) is 0 Å². The number of cyclic esters (lactones) is 1. The molecule has 0 radical (unpaired) electrons. The average molecular weight is 147 g/mol. The Morgan fingerprint density at radius 2 is 2.56 bits per heavy atom. The number of oxime groups is 1. The monoisotopic (exact) mass is 147 g/mol. The minimum absolute atomic E-state index is 0.0428. The molecular formula is C4H5NO3S. The van der Waals surface area contributed by atoms with Crippen LogP contribution in [-0.4, -0.2) is 28.6 Å². The fourth-order valence-electron chi connectivity index (χ4n) is 0.463. The maximum absolute atomic E-state index is 10.5. The van der Waals surface area contributed by atoms with Crippen LogP contribution in [0.4, 0.5) is 0 Å². The van der Waals surface area contributed by atoms with Crippen molar-refractivity contribution in [3.8, 4) is 0 Å². The molecule has 1 aliphatic heterocycles. The predicted octanol–water partition coefficient (Wildman–Crippen LogP) is 0.0641. The molecule has 0 amide bonds. The lowest BCUT2D eigenvalue weighted by Gasteiger charge is -2.09. The van der Waals surface area contributed by atoms with Gasteiger partial charge in [-0.05, 0) is 0 Å². The quantitative estimate of drug-likeness (QED) is 0.299. The highest BCUT2D eigenvalue weighted by molar-refractivity contribution is 8.15. The Balaban J connectivity index is 2.60. The Morgan fingerprint density at radius 3 is 3.00 bits per heavy atom. The summed E-state index contributed by atoms with van der Waals surface area (Å²) in [5.41, 5.74) is 0. The number of rotatable bonds is 0. The first-order valence-corrected chi connectivity index (χ1v) is 3.35. The molecule has 0 spiro atoms. The van der Waals surface area contributed by atoms with Crippen LogP contribution >= 0.6 is 11.8 Å². The Bertz CT molecular complexity index is 156. The molecule has 0 bridgehead atoms. The molecular weight excluding hydrogens is 142 g/mol. The molecule has 0 aromatic rings. The molecule has 1 aliphatic rings. The van der Waals surface area contributed by atoms with Crippen molar-refractivity contribution in [2.45, 2.75) is 0 Å². The van der Waals surface area contributed by atoms with Gasteiger partial charge in [-0.1, -0.05) is 16.9 Å². The minimum Gasteiger partial charge on any atom is -0.460 e. The highest BCUT2D eigenvalue weighted by atomic mass is 32.2. The highest BCUT2D eigenvalue weighted by Crippen LogP contribution is 2.10. The molecule has 0 saturated carbocycles. The number of thioether (sulfide) groups is 1. The van der Waals surface area contributed by atoms with Crippen molar-refractivity contribution in [1.29, 1.82) is 0 Å². The van der Waals surface area contributed by atoms with Gasteiger partial charge in [0, 0.05) is 5.75 Å². The van der Waals surface area contributed by atoms with Crippen molar-refractivity contribution in [2.24, 2.45) is 5.16 Å². The smallest absolute Gasteiger partial charge is 0.367 e. The summed E-state index contributed by atoms with van der Waals surface area (Å²) in [6, 6.07) is 0. The zero-order valence-corrected chi connectivity index (χ0v) is 5.35. The first-order chi connectivity index (χ1) is 4.34. The fraction of sp³-hybridized carbons (Fsp3) is 0.500. The summed E-state index contributed by atoms with van der Waals surface area (Å²) < 4.78 is 4.53. The lowest BCUT2D eigenvalue weighted by Crippen LogP contribution is -2.22. The van der Waals surface area contributed by atoms with Crippen molar-refractivity contribution >= 4 is 22.8 Å². The third-order valence-electron chi connectivity index (χ3n) is 0.821. The van der Waals surface area contributed by atoms with Crippen LogP contribution < -0.4 is 0 Å². The normalized spacial score (nSPS) is 24.0. The number of nitrogens with zero attached hydrogens (tertiary/aromatic N) is 1. The predicted molar refractivity (Wildman–Crippen MR) is 32.6 cm³/mol. The standard InChI is InChI=1S/C4H5NO3S/c6-4-3(5-7)9-2-1-8-4/h7H,1-2H2/b5-3-. The summed E-state index contributed by atoms with van der Waals surface area (Å²) >= 11 is 1.20. The third kappa shape index (κ3) is 1.35. The Morgan fingerprint density at radius 1 is 1.78 bits per heavy atom. The molecule has 1 saturated heterocycles. The Kier molecular flexibility index (Phi) is 1.94. The van der Waals surface area contributed by atoms with E-state index in [1.807, 2.05) is 0 Å². The third-order valence-corrected chi connectivity index (χ3v) is 1.71. The van der Waals surface area contributed by atoms with E-state index >= 15 is 0 Å². The van der Waals surface area contributed by atoms with Gasteiger partial charge in [0.1, 0.15) is 6.61 Å². The molecule has 0 aromatic heterocycles. The number of hydrogen-bond acceptors (Lipinski definition) is 5. The lowest BCUT2D eigenvalue weighted by atomic mass is 10.7. The first kappa shape index (κ1) is 6.41. The first-order valence-electron chi connectivity index (χ1n) is 2.36. The molecule has 5 heteroatoms. The van der Waals surface area contributed by atoms with Crippen molar-refractivity contribution in [3.63, 3.8) is 0 Å². The van der Waals surface area contributed by atoms with Crippen molar-refractivity contribution in [2.75, 3.05) is 12.4 Å². The second-order valence-corrected chi connectivity index (χ2v) is 2.47. The van der Waals surface area contributed by atoms with Gasteiger partial charge in [-0.25, -0.2) is 4.79 Å². The molecule has 1 rings (SSSR count). The molecule has 0 aromatic carbocycles. The number of carbonyl (C=O) groups excluding carboxylic acids is 1. The van der Waals surface area contributed by atoms with Crippen LogP contribution in [0.1, 0.15) is 0 Å². The van der Waals surface area contributed by atoms with Gasteiger partial charge < -0.3 is 9.94 Å². The molecule has 4 nitrogen and oxygen atoms in total. The van der Waals surface area contributed by atoms with E-state index in [2.05, 4.69) is 9.89 Å². The van der Waals surface area contributed by atoms with Gasteiger partial charge in [0.25, 0.3) is 0 Å². The van der Waals surface area contributed by atoms with Gasteiger partial charge in [0.15, 0.2) is 0 Å². The second kappa shape index (κ2) is 2.72. The van der Waals surface area contributed by atoms with Gasteiger partial charge in [-0.15, -0.1) is 0 Å². The zero-order chi connectivity index (χ0) is 6.69. The highest BCUT2D eigenvalue weighted by Gasteiger charge is 2.18. The zero-order valence-electron chi connectivity index (χ0n) is 4.53. The summed E-state index contributed by atoms with van der Waals surface area (Å²) in [5.74, 6) is 0.138. The van der Waals surface area contributed by atoms with Crippen molar-refractivity contribution < 1.29 is 14.7 Å². The topological polar surface area (TPSA) is 58.9 Å². The van der Waals surface area contributed by atoms with E-state index in [1.54, 1.807) is 0 Å². The number of carbonyl (C=O) groups is 1. The SMILES string of the molecule is O=C1OCCS/C1=N\O. The maximum Gasteiger partial charge on any atom is 0.367 e. The molecule has 0 atom stereocenters. The Labute approximate surface area is 55.9 Å². The van der Waals surface area contributed by atoms with E-state index in [1.165, 1.54) is 11.8 Å². The summed E-state index contributed by atoms with van der Waals surface area (Å²) in [6.45, 7) is 0.405. The summed E-state index contributed by atoms with van der Waals surface area (Å²) in [4.78, 5) is 10.5. The molecule has 0 aliphatic carbocycles. The largest absolute Gasteiger partial charge is 0.460 e. The van der Waals surface area contributed by atoms with E-state index in [-0.39, 0.29) is 5.04 Å². The van der Waals surface area contributed by atoms with Crippen molar-refractivity contribution in [3.05, 3.63) is 0 Å². The van der Waals surface area contributed by atoms with Crippen molar-refractivity contribution in [1.82, 2.24) is 0 Å². The minimum atomic E-state index is -0.534. The molecule has 50 valence electrons. The van der Waals surface area contributed by atoms with Crippen LogP contribution in [0, 0.1) is 0 Å². The number of hydrogen-bond donors (Lipinski definition) is 1. The lowest BCUT2D eigenvalue weighted by molar-refractivity contribution is -0.135. The summed E-state index contributed by atoms with van der Waals surface area (Å²) in [6.07, 6.45) is 0. The van der Waals surface area contributed by atoms with Crippen LogP contribution in [-0.2, 0) is 9.53 Å².